The fourth-order valence-electron chi connectivity index (χ4n) is 3.32. The Hall–Kier alpha value is -4.73. The maximum Gasteiger partial charge on any atom is 0.240 e. The van der Waals surface area contributed by atoms with Gasteiger partial charge in [-0.15, -0.1) is 0 Å². The van der Waals surface area contributed by atoms with Gasteiger partial charge in [0.2, 0.25) is 17.7 Å². The molecule has 0 radical (unpaired) electrons. The molecule has 9 N–H and O–H groups in total. The summed E-state index contributed by atoms with van der Waals surface area (Å²) >= 11 is 0. The van der Waals surface area contributed by atoms with Crippen molar-refractivity contribution in [2.45, 2.75) is 52.5 Å². The number of aryl methyl sites for hydroxylation is 1. The minimum Gasteiger partial charge on any atom is -0.370 e. The maximum atomic E-state index is 12.3. The molecular weight excluding hydrogens is 508 g/mol. The molecule has 0 spiro atoms. The van der Waals surface area contributed by atoms with Gasteiger partial charge in [-0.1, -0.05) is 79.7 Å². The summed E-state index contributed by atoms with van der Waals surface area (Å²) in [6.07, 6.45) is 3.08. The van der Waals surface area contributed by atoms with Crippen molar-refractivity contribution in [2.24, 2.45) is 27.9 Å². The summed E-state index contributed by atoms with van der Waals surface area (Å²) in [5.41, 5.74) is 22.1. The minimum atomic E-state index is -0.718. The molecule has 10 heteroatoms. The molecule has 0 saturated carbocycles. The largest absolute Gasteiger partial charge is 0.370 e. The number of nitrogens with two attached hydrogens (primary N) is 4. The molecule has 0 aliphatic rings. The number of primary amides is 2. The van der Waals surface area contributed by atoms with E-state index in [-0.39, 0.29) is 17.8 Å². The zero-order chi connectivity index (χ0) is 30.3. The summed E-state index contributed by atoms with van der Waals surface area (Å²) in [5, 5.41) is 4.96. The lowest BCUT2D eigenvalue weighted by atomic mass is 9.98. The van der Waals surface area contributed by atoms with Crippen molar-refractivity contribution in [1.82, 2.24) is 5.32 Å². The van der Waals surface area contributed by atoms with E-state index >= 15 is 0 Å². The van der Waals surface area contributed by atoms with Gasteiger partial charge in [0.05, 0.1) is 0 Å². The molecule has 3 rings (SSSR count). The Morgan fingerprint density at radius 2 is 1.45 bits per heavy atom. The van der Waals surface area contributed by atoms with Crippen LogP contribution in [0.2, 0.25) is 0 Å². The second-order valence-electron chi connectivity index (χ2n) is 8.50. The lowest BCUT2D eigenvalue weighted by molar-refractivity contribution is -0.127. The van der Waals surface area contributed by atoms with E-state index in [0.717, 1.165) is 41.2 Å². The Balaban J connectivity index is 0.000000904. The van der Waals surface area contributed by atoms with Gasteiger partial charge in [0.15, 0.2) is 5.96 Å². The SMILES string of the molecule is CC(N)=O.CC=O.CCCN=C(N)N.NC(=O)[C@H](Cc1cccc2ccccc12)NC(=O)CCc1ccccc1. The molecule has 0 heterocycles. The minimum absolute atomic E-state index is 0.169. The van der Waals surface area contributed by atoms with Crippen molar-refractivity contribution in [2.75, 3.05) is 6.54 Å². The fraction of sp³-hybridized carbons (Fsp3) is 0.300. The Labute approximate surface area is 236 Å². The van der Waals surface area contributed by atoms with Gasteiger partial charge in [-0.05, 0) is 41.7 Å². The summed E-state index contributed by atoms with van der Waals surface area (Å²) in [5.74, 6) is -0.842. The van der Waals surface area contributed by atoms with Gasteiger partial charge in [0.1, 0.15) is 12.3 Å². The van der Waals surface area contributed by atoms with Crippen LogP contribution in [-0.2, 0) is 32.0 Å². The van der Waals surface area contributed by atoms with E-state index in [2.05, 4.69) is 16.0 Å². The summed E-state index contributed by atoms with van der Waals surface area (Å²) in [7, 11) is 0. The third kappa shape index (κ3) is 16.9. The number of rotatable bonds is 9. The lowest BCUT2D eigenvalue weighted by Crippen LogP contribution is -2.45. The molecular formula is C30H42N6O4. The number of aliphatic imine (C=N–C) groups is 1. The number of nitrogens with one attached hydrogen (secondary N) is 1. The van der Waals surface area contributed by atoms with E-state index in [1.54, 1.807) is 0 Å². The van der Waals surface area contributed by atoms with Crippen molar-refractivity contribution in [1.29, 1.82) is 0 Å². The van der Waals surface area contributed by atoms with Crippen molar-refractivity contribution >= 4 is 40.7 Å². The van der Waals surface area contributed by atoms with Crippen LogP contribution < -0.4 is 28.3 Å². The fourth-order valence-corrected chi connectivity index (χ4v) is 3.32. The van der Waals surface area contributed by atoms with Crippen LogP contribution >= 0.6 is 0 Å². The third-order valence-electron chi connectivity index (χ3n) is 4.98. The van der Waals surface area contributed by atoms with Crippen LogP contribution in [0.5, 0.6) is 0 Å². The highest BCUT2D eigenvalue weighted by Gasteiger charge is 2.19. The molecule has 0 aliphatic carbocycles. The number of hydrogen-bond donors (Lipinski definition) is 5. The summed E-state index contributed by atoms with van der Waals surface area (Å²) in [4.78, 5) is 45.9. The van der Waals surface area contributed by atoms with Crippen molar-refractivity contribution in [3.63, 3.8) is 0 Å². The number of guanidine groups is 1. The molecule has 0 aliphatic heterocycles. The summed E-state index contributed by atoms with van der Waals surface area (Å²) in [6.45, 7) is 5.51. The molecule has 3 amide bonds. The standard InChI is InChI=1S/C22H22N2O2.C4H11N3.C2H5NO.C2H4O/c23-22(26)20(24-21(25)14-13-16-7-2-1-3-8-16)15-18-11-6-10-17-9-4-5-12-19(17)18;1-2-3-7-4(5)6;1-2(3)4;1-2-3/h1-12,20H,13-15H2,(H2,23,26)(H,24,25);2-3H2,1H3,(H4,5,6,7);1H3,(H2,3,4);2H,1H3/t20-;;;/m0.../s1. The quantitative estimate of drug-likeness (QED) is 0.154. The number of carbonyl (C=O) groups is 4. The van der Waals surface area contributed by atoms with E-state index in [0.29, 0.717) is 19.3 Å². The second-order valence-corrected chi connectivity index (χ2v) is 8.50. The van der Waals surface area contributed by atoms with Crippen LogP contribution in [0.4, 0.5) is 0 Å². The number of nitrogens with zero attached hydrogens (tertiary/aromatic N) is 1. The smallest absolute Gasteiger partial charge is 0.240 e. The van der Waals surface area contributed by atoms with Crippen LogP contribution in [0.3, 0.4) is 0 Å². The van der Waals surface area contributed by atoms with Crippen LogP contribution in [0, 0.1) is 0 Å². The van der Waals surface area contributed by atoms with E-state index in [1.807, 2.05) is 79.7 Å². The predicted octanol–water partition coefficient (Wildman–Crippen LogP) is 2.35. The first kappa shape index (κ1) is 35.3. The number of amides is 3. The molecule has 3 aromatic rings. The average Bonchev–Trinajstić information content (AvgIpc) is 2.91. The van der Waals surface area contributed by atoms with Crippen LogP contribution in [-0.4, -0.2) is 42.6 Å². The highest BCUT2D eigenvalue weighted by atomic mass is 16.2. The molecule has 1 atom stereocenters. The van der Waals surface area contributed by atoms with Crippen molar-refractivity contribution < 1.29 is 19.2 Å². The van der Waals surface area contributed by atoms with Crippen molar-refractivity contribution in [3.8, 4) is 0 Å². The van der Waals surface area contributed by atoms with E-state index in [4.69, 9.17) is 22.0 Å². The highest BCUT2D eigenvalue weighted by Crippen LogP contribution is 2.19. The van der Waals surface area contributed by atoms with E-state index < -0.39 is 11.9 Å². The van der Waals surface area contributed by atoms with Crippen LogP contribution in [0.25, 0.3) is 10.8 Å². The highest BCUT2D eigenvalue weighted by molar-refractivity contribution is 5.89. The monoisotopic (exact) mass is 550 g/mol. The van der Waals surface area contributed by atoms with Crippen LogP contribution in [0.15, 0.2) is 77.8 Å². The number of carbonyl (C=O) groups excluding carboxylic acids is 4. The van der Waals surface area contributed by atoms with Gasteiger partial charge in [-0.2, -0.15) is 0 Å². The number of fused-ring (bicyclic) bond motifs is 1. The predicted molar refractivity (Wildman–Crippen MR) is 161 cm³/mol. The molecule has 0 unspecified atom stereocenters. The van der Waals surface area contributed by atoms with Crippen LogP contribution in [0.1, 0.15) is 44.7 Å². The lowest BCUT2D eigenvalue weighted by Gasteiger charge is -2.17. The normalized spacial score (nSPS) is 10.1. The zero-order valence-corrected chi connectivity index (χ0v) is 23.5. The molecule has 0 bridgehead atoms. The number of aldehydes is 1. The molecule has 0 saturated heterocycles. The third-order valence-corrected chi connectivity index (χ3v) is 4.98. The van der Waals surface area contributed by atoms with Crippen molar-refractivity contribution in [3.05, 3.63) is 83.9 Å². The summed E-state index contributed by atoms with van der Waals surface area (Å²) in [6, 6.07) is 23.0. The first-order chi connectivity index (χ1) is 19.0. The Bertz CT molecular complexity index is 1200. The average molecular weight is 551 g/mol. The molecule has 40 heavy (non-hydrogen) atoms. The molecule has 10 nitrogen and oxygen atoms in total. The molecule has 216 valence electrons. The Morgan fingerprint density at radius 1 is 0.900 bits per heavy atom. The Morgan fingerprint density at radius 3 is 1.98 bits per heavy atom. The Kier molecular flexibility index (Phi) is 18.7. The van der Waals surface area contributed by atoms with Gasteiger partial charge in [0, 0.05) is 26.3 Å². The van der Waals surface area contributed by atoms with Gasteiger partial charge >= 0.3 is 0 Å². The second kappa shape index (κ2) is 21.2. The number of hydrogen-bond acceptors (Lipinski definition) is 5. The number of benzene rings is 3. The topological polar surface area (TPSA) is 197 Å². The van der Waals surface area contributed by atoms with E-state index in [1.165, 1.54) is 13.8 Å². The first-order valence-electron chi connectivity index (χ1n) is 12.9. The maximum absolute atomic E-state index is 12.3. The van der Waals surface area contributed by atoms with Gasteiger partial charge in [-0.25, -0.2) is 0 Å². The molecule has 0 fully saturated rings. The van der Waals surface area contributed by atoms with E-state index in [9.17, 15) is 14.4 Å². The zero-order valence-electron chi connectivity index (χ0n) is 23.5. The first-order valence-corrected chi connectivity index (χ1v) is 12.9. The molecule has 0 aromatic heterocycles. The van der Waals surface area contributed by atoms with Gasteiger partial charge in [-0.3, -0.25) is 19.4 Å². The van der Waals surface area contributed by atoms with Gasteiger partial charge in [0.25, 0.3) is 0 Å². The van der Waals surface area contributed by atoms with Gasteiger partial charge < -0.3 is 33.0 Å². The summed E-state index contributed by atoms with van der Waals surface area (Å²) < 4.78 is 0. The molecule has 3 aromatic carbocycles.